The molecule has 0 saturated carbocycles. The molecule has 5 heteroatoms. The van der Waals surface area contributed by atoms with Gasteiger partial charge in [-0.15, -0.1) is 0 Å². The van der Waals surface area contributed by atoms with E-state index in [1.165, 1.54) is 25.4 Å². The van der Waals surface area contributed by atoms with Gasteiger partial charge in [-0.05, 0) is 36.6 Å². The van der Waals surface area contributed by atoms with Gasteiger partial charge < -0.3 is 10.1 Å². The molecule has 0 unspecified atom stereocenters. The van der Waals surface area contributed by atoms with Gasteiger partial charge in [0, 0.05) is 11.9 Å². The summed E-state index contributed by atoms with van der Waals surface area (Å²) in [6, 6.07) is 8.92. The van der Waals surface area contributed by atoms with Crippen LogP contribution < -0.4 is 5.32 Å². The molecule has 0 bridgehead atoms. The normalized spacial score (nSPS) is 10.1. The second kappa shape index (κ2) is 6.85. The van der Waals surface area contributed by atoms with Crippen LogP contribution in [0.5, 0.6) is 0 Å². The second-order valence-electron chi connectivity index (χ2n) is 4.84. The van der Waals surface area contributed by atoms with Gasteiger partial charge in [0.2, 0.25) is 0 Å². The van der Waals surface area contributed by atoms with E-state index in [4.69, 9.17) is 0 Å². The third kappa shape index (κ3) is 3.31. The number of carbonyl (C=O) groups excluding carboxylic acids is 2. The number of pyridine rings is 1. The van der Waals surface area contributed by atoms with Crippen molar-refractivity contribution in [3.63, 3.8) is 0 Å². The minimum Gasteiger partial charge on any atom is -0.465 e. The predicted molar refractivity (Wildman–Crippen MR) is 84.1 cm³/mol. The smallest absolute Gasteiger partial charge is 0.339 e. The number of aryl methyl sites for hydroxylation is 2. The summed E-state index contributed by atoms with van der Waals surface area (Å²) >= 11 is 0. The number of anilines is 1. The molecular weight excluding hydrogens is 280 g/mol. The predicted octanol–water partition coefficient (Wildman–Crippen LogP) is 2.99. The van der Waals surface area contributed by atoms with Crippen molar-refractivity contribution in [2.45, 2.75) is 20.3 Å². The van der Waals surface area contributed by atoms with Crippen LogP contribution in [0.1, 0.15) is 38.9 Å². The standard InChI is InChI=1S/C17H18N2O3/c1-4-12-7-5-6-11(2)15(12)19-16(20)14-9-8-13(10-18-14)17(21)22-3/h5-10H,4H2,1-3H3,(H,19,20). The lowest BCUT2D eigenvalue weighted by Crippen LogP contribution is -2.16. The average Bonchev–Trinajstić information content (AvgIpc) is 2.56. The maximum absolute atomic E-state index is 12.3. The third-order valence-electron chi connectivity index (χ3n) is 3.40. The Morgan fingerprint density at radius 3 is 2.59 bits per heavy atom. The van der Waals surface area contributed by atoms with Gasteiger partial charge in [0.15, 0.2) is 0 Å². The number of aromatic nitrogens is 1. The quantitative estimate of drug-likeness (QED) is 0.881. The molecule has 114 valence electrons. The van der Waals surface area contributed by atoms with Crippen molar-refractivity contribution in [1.29, 1.82) is 0 Å². The summed E-state index contributed by atoms with van der Waals surface area (Å²) in [5.74, 6) is -0.785. The SMILES string of the molecule is CCc1cccc(C)c1NC(=O)c1ccc(C(=O)OC)cn1. The zero-order valence-corrected chi connectivity index (χ0v) is 12.8. The Balaban J connectivity index is 2.21. The Labute approximate surface area is 129 Å². The number of carbonyl (C=O) groups is 2. The fraction of sp³-hybridized carbons (Fsp3) is 0.235. The van der Waals surface area contributed by atoms with Crippen molar-refractivity contribution in [3.05, 3.63) is 58.9 Å². The van der Waals surface area contributed by atoms with Gasteiger partial charge >= 0.3 is 5.97 Å². The monoisotopic (exact) mass is 298 g/mol. The molecule has 1 N–H and O–H groups in total. The summed E-state index contributed by atoms with van der Waals surface area (Å²) in [6.07, 6.45) is 2.16. The highest BCUT2D eigenvalue weighted by atomic mass is 16.5. The first-order valence-corrected chi connectivity index (χ1v) is 7.01. The Morgan fingerprint density at radius 2 is 2.00 bits per heavy atom. The highest BCUT2D eigenvalue weighted by Gasteiger charge is 2.13. The first-order chi connectivity index (χ1) is 10.6. The van der Waals surface area contributed by atoms with Crippen molar-refractivity contribution in [1.82, 2.24) is 4.98 Å². The summed E-state index contributed by atoms with van der Waals surface area (Å²) in [5, 5.41) is 2.89. The molecule has 0 spiro atoms. The number of hydrogen-bond donors (Lipinski definition) is 1. The van der Waals surface area contributed by atoms with Crippen LogP contribution in [0.3, 0.4) is 0 Å². The number of para-hydroxylation sites is 1. The Bertz CT molecular complexity index is 694. The third-order valence-corrected chi connectivity index (χ3v) is 3.40. The summed E-state index contributed by atoms with van der Waals surface area (Å²) in [6.45, 7) is 3.98. The molecule has 2 rings (SSSR count). The van der Waals surface area contributed by atoms with E-state index in [0.29, 0.717) is 5.56 Å². The van der Waals surface area contributed by atoms with Crippen LogP contribution in [-0.4, -0.2) is 24.0 Å². The first kappa shape index (κ1) is 15.7. The zero-order valence-electron chi connectivity index (χ0n) is 12.8. The Kier molecular flexibility index (Phi) is 4.88. The molecule has 0 radical (unpaired) electrons. The molecule has 1 aromatic heterocycles. The van der Waals surface area contributed by atoms with Gasteiger partial charge in [0.25, 0.3) is 5.91 Å². The lowest BCUT2D eigenvalue weighted by Gasteiger charge is -2.12. The maximum atomic E-state index is 12.3. The van der Waals surface area contributed by atoms with Gasteiger partial charge in [-0.2, -0.15) is 0 Å². The van der Waals surface area contributed by atoms with Crippen molar-refractivity contribution < 1.29 is 14.3 Å². The topological polar surface area (TPSA) is 68.3 Å². The van der Waals surface area contributed by atoms with Crippen LogP contribution in [0.4, 0.5) is 5.69 Å². The number of methoxy groups -OCH3 is 1. The van der Waals surface area contributed by atoms with E-state index >= 15 is 0 Å². The van der Waals surface area contributed by atoms with Gasteiger partial charge in [-0.3, -0.25) is 9.78 Å². The maximum Gasteiger partial charge on any atom is 0.339 e. The fourth-order valence-electron chi connectivity index (χ4n) is 2.15. The summed E-state index contributed by atoms with van der Waals surface area (Å²) in [4.78, 5) is 27.7. The molecule has 0 aliphatic rings. The number of amides is 1. The minimum atomic E-state index is -0.480. The highest BCUT2D eigenvalue weighted by molar-refractivity contribution is 6.04. The van der Waals surface area contributed by atoms with Crippen molar-refractivity contribution in [2.75, 3.05) is 12.4 Å². The number of nitrogens with zero attached hydrogens (tertiary/aromatic N) is 1. The molecule has 2 aromatic rings. The van der Waals surface area contributed by atoms with Gasteiger partial charge in [0.1, 0.15) is 5.69 Å². The zero-order chi connectivity index (χ0) is 16.1. The van der Waals surface area contributed by atoms with Crippen LogP contribution >= 0.6 is 0 Å². The van der Waals surface area contributed by atoms with Crippen LogP contribution in [0.2, 0.25) is 0 Å². The molecule has 0 aliphatic heterocycles. The van der Waals surface area contributed by atoms with Crippen LogP contribution in [0.25, 0.3) is 0 Å². The molecule has 1 aromatic carbocycles. The average molecular weight is 298 g/mol. The molecule has 0 fully saturated rings. The Morgan fingerprint density at radius 1 is 1.23 bits per heavy atom. The largest absolute Gasteiger partial charge is 0.465 e. The molecule has 5 nitrogen and oxygen atoms in total. The lowest BCUT2D eigenvalue weighted by atomic mass is 10.1. The van der Waals surface area contributed by atoms with Crippen LogP contribution in [0, 0.1) is 6.92 Å². The van der Waals surface area contributed by atoms with E-state index in [2.05, 4.69) is 15.0 Å². The molecule has 22 heavy (non-hydrogen) atoms. The molecule has 0 aliphatic carbocycles. The van der Waals surface area contributed by atoms with Gasteiger partial charge in [-0.1, -0.05) is 25.1 Å². The molecular formula is C17H18N2O3. The van der Waals surface area contributed by atoms with Gasteiger partial charge in [-0.25, -0.2) is 4.79 Å². The van der Waals surface area contributed by atoms with E-state index < -0.39 is 5.97 Å². The van der Waals surface area contributed by atoms with Crippen LogP contribution in [-0.2, 0) is 11.2 Å². The molecule has 1 heterocycles. The number of hydrogen-bond acceptors (Lipinski definition) is 4. The number of nitrogens with one attached hydrogen (secondary N) is 1. The van der Waals surface area contributed by atoms with Crippen LogP contribution in [0.15, 0.2) is 36.5 Å². The molecule has 1 amide bonds. The Hall–Kier alpha value is -2.69. The van der Waals surface area contributed by atoms with Crippen molar-refractivity contribution in [2.24, 2.45) is 0 Å². The molecule has 0 atom stereocenters. The van der Waals surface area contributed by atoms with E-state index in [9.17, 15) is 9.59 Å². The second-order valence-corrected chi connectivity index (χ2v) is 4.84. The summed E-state index contributed by atoms with van der Waals surface area (Å²) in [5.41, 5.74) is 3.44. The first-order valence-electron chi connectivity index (χ1n) is 7.01. The van der Waals surface area contributed by atoms with Crippen molar-refractivity contribution >= 4 is 17.6 Å². The molecule has 0 saturated heterocycles. The van der Waals surface area contributed by atoms with E-state index in [1.54, 1.807) is 0 Å². The summed E-state index contributed by atoms with van der Waals surface area (Å²) in [7, 11) is 1.30. The number of esters is 1. The van der Waals surface area contributed by atoms with E-state index in [-0.39, 0.29) is 11.6 Å². The number of benzene rings is 1. The highest BCUT2D eigenvalue weighted by Crippen LogP contribution is 2.21. The summed E-state index contributed by atoms with van der Waals surface area (Å²) < 4.78 is 4.60. The number of rotatable bonds is 4. The van der Waals surface area contributed by atoms with E-state index in [0.717, 1.165) is 23.2 Å². The fourth-order valence-corrected chi connectivity index (χ4v) is 2.15. The van der Waals surface area contributed by atoms with Crippen molar-refractivity contribution in [3.8, 4) is 0 Å². The van der Waals surface area contributed by atoms with E-state index in [1.807, 2.05) is 32.0 Å². The lowest BCUT2D eigenvalue weighted by molar-refractivity contribution is 0.0600. The minimum absolute atomic E-state index is 0.248. The number of ether oxygens (including phenoxy) is 1. The van der Waals surface area contributed by atoms with Gasteiger partial charge in [0.05, 0.1) is 12.7 Å².